The molecule has 0 aliphatic carbocycles. The molecule has 104 valence electrons. The molecule has 0 saturated heterocycles. The van der Waals surface area contributed by atoms with Gasteiger partial charge in [-0.05, 0) is 12.1 Å². The van der Waals surface area contributed by atoms with E-state index in [9.17, 15) is 4.39 Å². The van der Waals surface area contributed by atoms with E-state index in [2.05, 4.69) is 15.3 Å². The summed E-state index contributed by atoms with van der Waals surface area (Å²) in [6.45, 7) is 0. The molecule has 7 nitrogen and oxygen atoms in total. The Balaban J connectivity index is 0.00000180. The fourth-order valence-corrected chi connectivity index (χ4v) is 1.60. The van der Waals surface area contributed by atoms with Crippen LogP contribution in [0.3, 0.4) is 0 Å². The van der Waals surface area contributed by atoms with Crippen molar-refractivity contribution in [2.75, 3.05) is 7.11 Å². The lowest BCUT2D eigenvalue weighted by molar-refractivity contribution is 0.382. The van der Waals surface area contributed by atoms with E-state index in [1.807, 2.05) is 0 Å². The van der Waals surface area contributed by atoms with Gasteiger partial charge in [-0.15, -0.1) is 12.4 Å². The normalized spacial score (nSPS) is 16.6. The SMILES string of the molecule is COc1cc(C2(N)N=C(N)NC(N)=N2)ccc1F.Cl. The highest BCUT2D eigenvalue weighted by Crippen LogP contribution is 2.28. The van der Waals surface area contributed by atoms with Crippen LogP contribution in [0.5, 0.6) is 5.75 Å². The van der Waals surface area contributed by atoms with E-state index in [4.69, 9.17) is 21.9 Å². The van der Waals surface area contributed by atoms with Gasteiger partial charge in [0.05, 0.1) is 7.11 Å². The molecule has 1 aromatic rings. The number of benzene rings is 1. The number of halogens is 2. The van der Waals surface area contributed by atoms with Crippen LogP contribution < -0.4 is 27.3 Å². The zero-order valence-electron chi connectivity index (χ0n) is 10.1. The Morgan fingerprint density at radius 1 is 1.26 bits per heavy atom. The molecule has 7 N–H and O–H groups in total. The Hall–Kier alpha value is -2.06. The zero-order chi connectivity index (χ0) is 13.3. The second-order valence-corrected chi connectivity index (χ2v) is 3.69. The first-order chi connectivity index (χ1) is 8.44. The minimum atomic E-state index is -1.49. The van der Waals surface area contributed by atoms with Gasteiger partial charge in [0.25, 0.3) is 0 Å². The molecule has 0 saturated carbocycles. The summed E-state index contributed by atoms with van der Waals surface area (Å²) in [6.07, 6.45) is 0. The second kappa shape index (κ2) is 5.29. The third kappa shape index (κ3) is 2.85. The monoisotopic (exact) mass is 288 g/mol. The van der Waals surface area contributed by atoms with Gasteiger partial charge < -0.3 is 16.2 Å². The number of hydrogen-bond donors (Lipinski definition) is 4. The van der Waals surface area contributed by atoms with Gasteiger partial charge in [-0.1, -0.05) is 6.07 Å². The van der Waals surface area contributed by atoms with E-state index in [0.29, 0.717) is 5.56 Å². The van der Waals surface area contributed by atoms with E-state index in [1.165, 1.54) is 25.3 Å². The number of ether oxygens (including phenoxy) is 1. The Kier molecular flexibility index (Phi) is 4.17. The van der Waals surface area contributed by atoms with Crippen LogP contribution in [-0.4, -0.2) is 19.0 Å². The summed E-state index contributed by atoms with van der Waals surface area (Å²) in [4.78, 5) is 7.91. The van der Waals surface area contributed by atoms with Crippen molar-refractivity contribution in [1.29, 1.82) is 0 Å². The Morgan fingerprint density at radius 3 is 2.37 bits per heavy atom. The van der Waals surface area contributed by atoms with Crippen molar-refractivity contribution in [2.24, 2.45) is 27.2 Å². The lowest BCUT2D eigenvalue weighted by atomic mass is 10.1. The molecule has 19 heavy (non-hydrogen) atoms. The van der Waals surface area contributed by atoms with Gasteiger partial charge in [0.15, 0.2) is 23.5 Å². The average Bonchev–Trinajstić information content (AvgIpc) is 2.27. The smallest absolute Gasteiger partial charge is 0.236 e. The van der Waals surface area contributed by atoms with Crippen LogP contribution in [0, 0.1) is 5.82 Å². The summed E-state index contributed by atoms with van der Waals surface area (Å²) < 4.78 is 18.2. The number of nitrogens with two attached hydrogens (primary N) is 3. The fourth-order valence-electron chi connectivity index (χ4n) is 1.60. The van der Waals surface area contributed by atoms with E-state index >= 15 is 0 Å². The molecule has 0 spiro atoms. The molecular formula is C10H14ClFN6O. The number of nitrogens with zero attached hydrogens (tertiary/aromatic N) is 2. The van der Waals surface area contributed by atoms with Gasteiger partial charge in [-0.2, -0.15) is 0 Å². The first-order valence-electron chi connectivity index (χ1n) is 5.05. The van der Waals surface area contributed by atoms with Crippen LogP contribution in [0.2, 0.25) is 0 Å². The topological polar surface area (TPSA) is 124 Å². The van der Waals surface area contributed by atoms with Crippen LogP contribution in [0.15, 0.2) is 28.2 Å². The number of nitrogens with one attached hydrogen (secondary N) is 1. The summed E-state index contributed by atoms with van der Waals surface area (Å²) >= 11 is 0. The fraction of sp³-hybridized carbons (Fsp3) is 0.200. The molecule has 0 atom stereocenters. The quantitative estimate of drug-likeness (QED) is 0.587. The minimum absolute atomic E-state index is 0. The maximum atomic E-state index is 13.3. The minimum Gasteiger partial charge on any atom is -0.494 e. The third-order valence-corrected chi connectivity index (χ3v) is 2.41. The lowest BCUT2D eigenvalue weighted by Crippen LogP contribution is -2.51. The highest BCUT2D eigenvalue weighted by molar-refractivity contribution is 5.98. The second-order valence-electron chi connectivity index (χ2n) is 3.69. The summed E-state index contributed by atoms with van der Waals surface area (Å²) in [5, 5.41) is 2.51. The van der Waals surface area contributed by atoms with Crippen LogP contribution >= 0.6 is 12.4 Å². The Labute approximate surface area is 115 Å². The summed E-state index contributed by atoms with van der Waals surface area (Å²) in [6, 6.07) is 4.05. The van der Waals surface area contributed by atoms with Crippen LogP contribution in [0.4, 0.5) is 4.39 Å². The molecule has 0 radical (unpaired) electrons. The van der Waals surface area contributed by atoms with Gasteiger partial charge in [0, 0.05) is 5.56 Å². The molecule has 1 aliphatic heterocycles. The largest absolute Gasteiger partial charge is 0.494 e. The molecule has 0 unspecified atom stereocenters. The molecule has 0 fully saturated rings. The van der Waals surface area contributed by atoms with E-state index in [-0.39, 0.29) is 30.1 Å². The summed E-state index contributed by atoms with van der Waals surface area (Å²) in [5.41, 5.74) is 17.5. The molecule has 2 rings (SSSR count). The van der Waals surface area contributed by atoms with Gasteiger partial charge in [-0.25, -0.2) is 14.4 Å². The van der Waals surface area contributed by atoms with Crippen LogP contribution in [-0.2, 0) is 5.79 Å². The molecule has 1 aliphatic rings. The Morgan fingerprint density at radius 2 is 1.84 bits per heavy atom. The molecular weight excluding hydrogens is 275 g/mol. The van der Waals surface area contributed by atoms with Crippen LogP contribution in [0.1, 0.15) is 5.56 Å². The summed E-state index contributed by atoms with van der Waals surface area (Å²) in [7, 11) is 1.35. The number of methoxy groups -OCH3 is 1. The standard InChI is InChI=1S/C10H13FN6O.ClH/c1-18-7-4-5(2-3-6(7)11)10(14)16-8(12)15-9(13)17-10;/h2-4H,14H2,1H3,(H5,12,13,15,16,17);1H. The average molecular weight is 289 g/mol. The van der Waals surface area contributed by atoms with Crippen molar-refractivity contribution in [3.63, 3.8) is 0 Å². The third-order valence-electron chi connectivity index (χ3n) is 2.41. The van der Waals surface area contributed by atoms with Gasteiger partial charge in [-0.3, -0.25) is 11.1 Å². The van der Waals surface area contributed by atoms with E-state index in [0.717, 1.165) is 0 Å². The number of hydrogen-bond acceptors (Lipinski definition) is 7. The van der Waals surface area contributed by atoms with E-state index < -0.39 is 11.6 Å². The number of aliphatic imine (C=N–C) groups is 2. The number of rotatable bonds is 2. The van der Waals surface area contributed by atoms with E-state index in [1.54, 1.807) is 0 Å². The van der Waals surface area contributed by atoms with Crippen molar-refractivity contribution >= 4 is 24.3 Å². The maximum absolute atomic E-state index is 13.3. The van der Waals surface area contributed by atoms with Crippen molar-refractivity contribution in [3.8, 4) is 5.75 Å². The van der Waals surface area contributed by atoms with Crippen molar-refractivity contribution in [3.05, 3.63) is 29.6 Å². The van der Waals surface area contributed by atoms with Gasteiger partial charge >= 0.3 is 0 Å². The summed E-state index contributed by atoms with van der Waals surface area (Å²) in [5.74, 6) is -1.88. The highest BCUT2D eigenvalue weighted by Gasteiger charge is 2.30. The predicted octanol–water partition coefficient (Wildman–Crippen LogP) is -0.442. The van der Waals surface area contributed by atoms with Gasteiger partial charge in [0.1, 0.15) is 0 Å². The zero-order valence-corrected chi connectivity index (χ0v) is 10.9. The molecule has 0 amide bonds. The molecule has 1 aromatic carbocycles. The molecule has 0 aromatic heterocycles. The van der Waals surface area contributed by atoms with Gasteiger partial charge in [0.2, 0.25) is 5.79 Å². The molecule has 1 heterocycles. The van der Waals surface area contributed by atoms with Crippen molar-refractivity contribution < 1.29 is 9.13 Å². The van der Waals surface area contributed by atoms with Crippen molar-refractivity contribution in [2.45, 2.75) is 5.79 Å². The predicted molar refractivity (Wildman–Crippen MR) is 72.4 cm³/mol. The molecule has 9 heteroatoms. The lowest BCUT2D eigenvalue weighted by Gasteiger charge is -2.26. The Bertz CT molecular complexity index is 529. The first kappa shape index (κ1) is 15.0. The first-order valence-corrected chi connectivity index (χ1v) is 5.05. The maximum Gasteiger partial charge on any atom is 0.236 e. The van der Waals surface area contributed by atoms with Crippen LogP contribution in [0.25, 0.3) is 0 Å². The van der Waals surface area contributed by atoms with Crippen molar-refractivity contribution in [1.82, 2.24) is 5.32 Å². The molecule has 0 bridgehead atoms. The number of guanidine groups is 2. The highest BCUT2D eigenvalue weighted by atomic mass is 35.5.